The van der Waals surface area contributed by atoms with Crippen LogP contribution in [0.15, 0.2) is 0 Å². The fraction of sp³-hybridized carbons (Fsp3) is 0.889. The van der Waals surface area contributed by atoms with Gasteiger partial charge in [-0.15, -0.1) is 0 Å². The van der Waals surface area contributed by atoms with Crippen LogP contribution in [-0.4, -0.2) is 24.0 Å². The second-order valence-electron chi connectivity index (χ2n) is 4.22. The lowest BCUT2D eigenvalue weighted by atomic mass is 10.1. The number of carbonyl (C=O) groups is 1. The van der Waals surface area contributed by atoms with Crippen LogP contribution in [0.3, 0.4) is 0 Å². The number of hydrogen-bond donors (Lipinski definition) is 2. The van der Waals surface area contributed by atoms with Crippen molar-refractivity contribution in [3.8, 4) is 0 Å². The number of fused-ring (bicyclic) bond motifs is 1. The van der Waals surface area contributed by atoms with E-state index in [1.54, 1.807) is 0 Å². The number of rotatable bonds is 2. The molecule has 0 spiro atoms. The Kier molecular flexibility index (Phi) is 1.83. The van der Waals surface area contributed by atoms with E-state index in [4.69, 9.17) is 0 Å². The smallest absolute Gasteiger partial charge is 0.237 e. The van der Waals surface area contributed by atoms with Crippen molar-refractivity contribution in [2.75, 3.05) is 0 Å². The molecule has 12 heavy (non-hydrogen) atoms. The zero-order chi connectivity index (χ0) is 8.72. The second-order valence-corrected chi connectivity index (χ2v) is 4.22. The molecule has 3 atom stereocenters. The Morgan fingerprint density at radius 3 is 2.75 bits per heavy atom. The van der Waals surface area contributed by atoms with Gasteiger partial charge >= 0.3 is 0 Å². The third-order valence-electron chi connectivity index (χ3n) is 2.62. The van der Waals surface area contributed by atoms with Gasteiger partial charge in [0, 0.05) is 12.1 Å². The van der Waals surface area contributed by atoms with Crippen LogP contribution in [0, 0.1) is 5.92 Å². The monoisotopic (exact) mass is 168 g/mol. The highest BCUT2D eigenvalue weighted by Gasteiger charge is 2.47. The average Bonchev–Trinajstić information content (AvgIpc) is 2.57. The standard InChI is InChI=1S/C9H16N2O/c1-5(2)10-9(12)8-4-6-3-7(6)11-8/h5-8,11H,3-4H2,1-2H3,(H,10,12)/t6-,7-,8-/m0/s1. The molecule has 68 valence electrons. The molecule has 2 aliphatic rings. The van der Waals surface area contributed by atoms with Gasteiger partial charge in [-0.05, 0) is 32.6 Å². The van der Waals surface area contributed by atoms with E-state index in [0.29, 0.717) is 6.04 Å². The topological polar surface area (TPSA) is 41.1 Å². The Morgan fingerprint density at radius 1 is 1.50 bits per heavy atom. The molecular formula is C9H16N2O. The third kappa shape index (κ3) is 1.46. The molecule has 1 heterocycles. The van der Waals surface area contributed by atoms with Crippen molar-refractivity contribution in [2.45, 2.75) is 44.8 Å². The number of amides is 1. The quantitative estimate of drug-likeness (QED) is 0.621. The van der Waals surface area contributed by atoms with Crippen LogP contribution in [0.4, 0.5) is 0 Å². The minimum absolute atomic E-state index is 0.0937. The summed E-state index contributed by atoms with van der Waals surface area (Å²) in [5, 5.41) is 6.25. The summed E-state index contributed by atoms with van der Waals surface area (Å²) in [4.78, 5) is 11.4. The lowest BCUT2D eigenvalue weighted by Crippen LogP contribution is -2.44. The Morgan fingerprint density at radius 2 is 2.25 bits per heavy atom. The lowest BCUT2D eigenvalue weighted by Gasteiger charge is -2.15. The molecule has 3 nitrogen and oxygen atoms in total. The van der Waals surface area contributed by atoms with Gasteiger partial charge in [0.2, 0.25) is 5.91 Å². The summed E-state index contributed by atoms with van der Waals surface area (Å²) in [5.74, 6) is 0.977. The third-order valence-corrected chi connectivity index (χ3v) is 2.62. The van der Waals surface area contributed by atoms with Crippen molar-refractivity contribution in [1.29, 1.82) is 0 Å². The predicted octanol–water partition coefficient (Wildman–Crippen LogP) is 0.261. The Bertz CT molecular complexity index is 193. The maximum atomic E-state index is 11.4. The van der Waals surface area contributed by atoms with Crippen molar-refractivity contribution in [2.24, 2.45) is 5.92 Å². The minimum atomic E-state index is 0.0937. The van der Waals surface area contributed by atoms with Crippen LogP contribution in [0.1, 0.15) is 26.7 Å². The highest BCUT2D eigenvalue weighted by atomic mass is 16.2. The fourth-order valence-corrected chi connectivity index (χ4v) is 1.91. The number of hydrogen-bond acceptors (Lipinski definition) is 2. The highest BCUT2D eigenvalue weighted by Crippen LogP contribution is 2.40. The van der Waals surface area contributed by atoms with Crippen molar-refractivity contribution < 1.29 is 4.79 Å². The summed E-state index contributed by atoms with van der Waals surface area (Å²) >= 11 is 0. The summed E-state index contributed by atoms with van der Waals surface area (Å²) in [5.41, 5.74) is 0. The van der Waals surface area contributed by atoms with Crippen LogP contribution in [0.25, 0.3) is 0 Å². The molecule has 0 radical (unpaired) electrons. The molecule has 1 amide bonds. The van der Waals surface area contributed by atoms with Gasteiger partial charge in [-0.25, -0.2) is 0 Å². The van der Waals surface area contributed by atoms with E-state index in [9.17, 15) is 4.79 Å². The molecule has 1 aliphatic heterocycles. The van der Waals surface area contributed by atoms with Crippen LogP contribution in [0.5, 0.6) is 0 Å². The van der Waals surface area contributed by atoms with Crippen LogP contribution >= 0.6 is 0 Å². The van der Waals surface area contributed by atoms with E-state index in [-0.39, 0.29) is 18.0 Å². The molecule has 1 saturated carbocycles. The molecule has 0 unspecified atom stereocenters. The normalized spacial score (nSPS) is 38.1. The van der Waals surface area contributed by atoms with Gasteiger partial charge in [0.25, 0.3) is 0 Å². The molecule has 0 aromatic heterocycles. The number of piperidine rings is 1. The van der Waals surface area contributed by atoms with E-state index >= 15 is 0 Å². The molecule has 1 aliphatic carbocycles. The van der Waals surface area contributed by atoms with E-state index in [0.717, 1.165) is 12.3 Å². The van der Waals surface area contributed by atoms with E-state index in [2.05, 4.69) is 10.6 Å². The molecule has 2 rings (SSSR count). The SMILES string of the molecule is CC(C)NC(=O)[C@@H]1C[C@@H]2C[C@@H]2N1. The zero-order valence-corrected chi connectivity index (χ0v) is 7.63. The first-order valence-corrected chi connectivity index (χ1v) is 4.73. The molecular weight excluding hydrogens is 152 g/mol. The van der Waals surface area contributed by atoms with Crippen LogP contribution in [0.2, 0.25) is 0 Å². The molecule has 1 saturated heterocycles. The summed E-state index contributed by atoms with van der Waals surface area (Å²) in [6.45, 7) is 3.99. The van der Waals surface area contributed by atoms with E-state index in [1.165, 1.54) is 6.42 Å². The largest absolute Gasteiger partial charge is 0.353 e. The summed E-state index contributed by atoms with van der Waals surface area (Å²) in [6.07, 6.45) is 2.33. The van der Waals surface area contributed by atoms with Gasteiger partial charge < -0.3 is 10.6 Å². The molecule has 0 aromatic carbocycles. The Labute approximate surface area is 72.9 Å². The first-order chi connectivity index (χ1) is 5.66. The van der Waals surface area contributed by atoms with Crippen molar-refractivity contribution in [1.82, 2.24) is 10.6 Å². The van der Waals surface area contributed by atoms with Gasteiger partial charge in [0.15, 0.2) is 0 Å². The van der Waals surface area contributed by atoms with Crippen molar-refractivity contribution in [3.05, 3.63) is 0 Å². The first kappa shape index (κ1) is 8.05. The average molecular weight is 168 g/mol. The van der Waals surface area contributed by atoms with Gasteiger partial charge in [0.1, 0.15) is 0 Å². The van der Waals surface area contributed by atoms with Gasteiger partial charge in [-0.1, -0.05) is 0 Å². The Balaban J connectivity index is 1.81. The Hall–Kier alpha value is -0.570. The molecule has 0 aromatic rings. The zero-order valence-electron chi connectivity index (χ0n) is 7.63. The van der Waals surface area contributed by atoms with E-state index < -0.39 is 0 Å². The predicted molar refractivity (Wildman–Crippen MR) is 46.7 cm³/mol. The van der Waals surface area contributed by atoms with Crippen LogP contribution < -0.4 is 10.6 Å². The highest BCUT2D eigenvalue weighted by molar-refractivity contribution is 5.82. The molecule has 2 fully saturated rings. The number of nitrogens with one attached hydrogen (secondary N) is 2. The van der Waals surface area contributed by atoms with Crippen molar-refractivity contribution in [3.63, 3.8) is 0 Å². The fourth-order valence-electron chi connectivity index (χ4n) is 1.91. The molecule has 3 heteroatoms. The van der Waals surface area contributed by atoms with Gasteiger partial charge in [-0.3, -0.25) is 4.79 Å². The second kappa shape index (κ2) is 2.73. The molecule has 0 bridgehead atoms. The maximum Gasteiger partial charge on any atom is 0.237 e. The first-order valence-electron chi connectivity index (χ1n) is 4.73. The summed E-state index contributed by atoms with van der Waals surface area (Å²) < 4.78 is 0. The maximum absolute atomic E-state index is 11.4. The molecule has 2 N–H and O–H groups in total. The summed E-state index contributed by atoms with van der Waals surface area (Å²) in [6, 6.07) is 1.01. The van der Waals surface area contributed by atoms with E-state index in [1.807, 2.05) is 13.8 Å². The van der Waals surface area contributed by atoms with Crippen LogP contribution in [-0.2, 0) is 4.79 Å². The minimum Gasteiger partial charge on any atom is -0.353 e. The van der Waals surface area contributed by atoms with Gasteiger partial charge in [0.05, 0.1) is 6.04 Å². The van der Waals surface area contributed by atoms with Crippen molar-refractivity contribution >= 4 is 5.91 Å². The number of carbonyl (C=O) groups excluding carboxylic acids is 1. The van der Waals surface area contributed by atoms with Gasteiger partial charge in [-0.2, -0.15) is 0 Å². The lowest BCUT2D eigenvalue weighted by molar-refractivity contribution is -0.123. The summed E-state index contributed by atoms with van der Waals surface area (Å²) in [7, 11) is 0.